The molecule has 0 N–H and O–H groups in total. The zero-order valence-corrected chi connectivity index (χ0v) is 16.7. The molecule has 7 heteroatoms. The van der Waals surface area contributed by atoms with E-state index in [1.165, 1.54) is 17.8 Å². The van der Waals surface area contributed by atoms with Gasteiger partial charge in [-0.2, -0.15) is 0 Å². The Bertz CT molecular complexity index is 760. The van der Waals surface area contributed by atoms with Gasteiger partial charge in [0.15, 0.2) is 0 Å². The molecule has 144 valence electrons. The molecule has 0 radical (unpaired) electrons. The molecule has 0 bridgehead atoms. The number of amides is 1. The Kier molecular flexibility index (Phi) is 6.99. The van der Waals surface area contributed by atoms with Crippen LogP contribution in [0, 0.1) is 5.82 Å². The van der Waals surface area contributed by atoms with Gasteiger partial charge >= 0.3 is 0 Å². The topological polar surface area (TPSA) is 32.8 Å². The van der Waals surface area contributed by atoms with Crippen LogP contribution < -0.4 is 4.74 Å². The molecule has 0 aliphatic carbocycles. The van der Waals surface area contributed by atoms with Crippen LogP contribution >= 0.6 is 23.4 Å². The first kappa shape index (κ1) is 20.0. The lowest BCUT2D eigenvalue weighted by molar-refractivity contribution is -0.130. The van der Waals surface area contributed by atoms with Gasteiger partial charge in [0.2, 0.25) is 5.91 Å². The summed E-state index contributed by atoms with van der Waals surface area (Å²) in [5.41, 5.74) is 0.522. The zero-order chi connectivity index (χ0) is 19.2. The molecule has 1 aliphatic heterocycles. The Morgan fingerprint density at radius 2 is 1.85 bits per heavy atom. The summed E-state index contributed by atoms with van der Waals surface area (Å²) in [7, 11) is 1.63. The van der Waals surface area contributed by atoms with Crippen molar-refractivity contribution in [2.75, 3.05) is 39.0 Å². The van der Waals surface area contributed by atoms with Crippen molar-refractivity contribution in [3.05, 3.63) is 58.9 Å². The molecule has 1 heterocycles. The summed E-state index contributed by atoms with van der Waals surface area (Å²) in [5.74, 6) is 1.05. The van der Waals surface area contributed by atoms with Crippen LogP contribution in [0.5, 0.6) is 5.75 Å². The van der Waals surface area contributed by atoms with Gasteiger partial charge in [0.05, 0.1) is 12.9 Å². The number of benzene rings is 2. The first-order valence-corrected chi connectivity index (χ1v) is 10.1. The van der Waals surface area contributed by atoms with Crippen LogP contribution in [0.1, 0.15) is 5.56 Å². The summed E-state index contributed by atoms with van der Waals surface area (Å²) >= 11 is 7.63. The summed E-state index contributed by atoms with van der Waals surface area (Å²) < 4.78 is 19.1. The van der Waals surface area contributed by atoms with E-state index in [1.54, 1.807) is 19.2 Å². The van der Waals surface area contributed by atoms with Crippen molar-refractivity contribution in [1.82, 2.24) is 9.80 Å². The average Bonchev–Trinajstić information content (AvgIpc) is 2.70. The number of halogens is 2. The number of hydrogen-bond donors (Lipinski definition) is 0. The molecule has 0 unspecified atom stereocenters. The minimum atomic E-state index is -0.281. The van der Waals surface area contributed by atoms with Crippen molar-refractivity contribution in [2.24, 2.45) is 0 Å². The number of carbonyl (C=O) groups is 1. The fourth-order valence-electron chi connectivity index (χ4n) is 2.97. The number of rotatable bonds is 6. The molecule has 2 aromatic carbocycles. The zero-order valence-electron chi connectivity index (χ0n) is 15.2. The van der Waals surface area contributed by atoms with Crippen LogP contribution in [0.4, 0.5) is 4.39 Å². The lowest BCUT2D eigenvalue weighted by Crippen LogP contribution is -2.48. The van der Waals surface area contributed by atoms with Crippen molar-refractivity contribution in [3.8, 4) is 5.75 Å². The van der Waals surface area contributed by atoms with E-state index in [1.807, 2.05) is 29.2 Å². The highest BCUT2D eigenvalue weighted by molar-refractivity contribution is 8.00. The predicted molar refractivity (Wildman–Crippen MR) is 107 cm³/mol. The van der Waals surface area contributed by atoms with Crippen molar-refractivity contribution >= 4 is 29.3 Å². The second-order valence-corrected chi connectivity index (χ2v) is 7.78. The van der Waals surface area contributed by atoms with Gasteiger partial charge < -0.3 is 9.64 Å². The lowest BCUT2D eigenvalue weighted by atomic mass is 10.2. The number of hydrogen-bond acceptors (Lipinski definition) is 4. The molecule has 3 rings (SSSR count). The van der Waals surface area contributed by atoms with Gasteiger partial charge in [-0.3, -0.25) is 9.69 Å². The molecule has 4 nitrogen and oxygen atoms in total. The summed E-state index contributed by atoms with van der Waals surface area (Å²) in [5, 5.41) is 0.449. The van der Waals surface area contributed by atoms with Gasteiger partial charge in [0.25, 0.3) is 0 Å². The number of piperazine rings is 1. The quantitative estimate of drug-likeness (QED) is 0.678. The summed E-state index contributed by atoms with van der Waals surface area (Å²) in [6.07, 6.45) is 0. The van der Waals surface area contributed by atoms with Crippen molar-refractivity contribution in [3.63, 3.8) is 0 Å². The van der Waals surface area contributed by atoms with E-state index in [9.17, 15) is 9.18 Å². The Labute approximate surface area is 168 Å². The Hall–Kier alpha value is -1.76. The number of nitrogens with zero attached hydrogens (tertiary/aromatic N) is 2. The monoisotopic (exact) mass is 408 g/mol. The molecule has 0 saturated carbocycles. The second-order valence-electron chi connectivity index (χ2n) is 6.32. The first-order chi connectivity index (χ1) is 13.1. The Morgan fingerprint density at radius 3 is 2.48 bits per heavy atom. The van der Waals surface area contributed by atoms with E-state index in [0.717, 1.165) is 10.6 Å². The molecule has 1 amide bonds. The number of ether oxygens (including phenoxy) is 1. The molecule has 1 aliphatic rings. The van der Waals surface area contributed by atoms with E-state index >= 15 is 0 Å². The van der Waals surface area contributed by atoms with Crippen LogP contribution in [0.15, 0.2) is 47.4 Å². The van der Waals surface area contributed by atoms with Gasteiger partial charge in [0.1, 0.15) is 11.6 Å². The number of thioether (sulfide) groups is 1. The van der Waals surface area contributed by atoms with Crippen molar-refractivity contribution in [1.29, 1.82) is 0 Å². The minimum absolute atomic E-state index is 0.124. The molecule has 2 aromatic rings. The molecule has 0 atom stereocenters. The predicted octanol–water partition coefficient (Wildman–Crippen LogP) is 3.92. The maximum Gasteiger partial charge on any atom is 0.233 e. The van der Waals surface area contributed by atoms with Gasteiger partial charge in [-0.25, -0.2) is 4.39 Å². The van der Waals surface area contributed by atoms with Crippen LogP contribution in [0.25, 0.3) is 0 Å². The van der Waals surface area contributed by atoms with E-state index in [-0.39, 0.29) is 11.7 Å². The Morgan fingerprint density at radius 1 is 1.15 bits per heavy atom. The molecule has 0 aromatic heterocycles. The minimum Gasteiger partial charge on any atom is -0.497 e. The standard InChI is InChI=1S/C20H22ClFN2O2S/c1-26-15-5-7-16(8-6-15)27-14-20(25)24-11-9-23(10-12-24)13-17-18(21)3-2-4-19(17)22/h2-8H,9-14H2,1H3. The van der Waals surface area contributed by atoms with E-state index in [2.05, 4.69) is 4.90 Å². The summed E-state index contributed by atoms with van der Waals surface area (Å²) in [6.45, 7) is 3.18. The van der Waals surface area contributed by atoms with Gasteiger partial charge in [0, 0.05) is 48.2 Å². The van der Waals surface area contributed by atoms with Gasteiger partial charge in [-0.1, -0.05) is 17.7 Å². The maximum atomic E-state index is 13.9. The van der Waals surface area contributed by atoms with Crippen molar-refractivity contribution in [2.45, 2.75) is 11.4 Å². The third kappa shape index (κ3) is 5.37. The van der Waals surface area contributed by atoms with Crippen LogP contribution in [0.3, 0.4) is 0 Å². The van der Waals surface area contributed by atoms with Crippen molar-refractivity contribution < 1.29 is 13.9 Å². The van der Waals surface area contributed by atoms with E-state index in [0.29, 0.717) is 49.1 Å². The number of carbonyl (C=O) groups excluding carboxylic acids is 1. The first-order valence-electron chi connectivity index (χ1n) is 8.76. The third-order valence-electron chi connectivity index (χ3n) is 4.59. The second kappa shape index (κ2) is 9.44. The number of methoxy groups -OCH3 is 1. The molecule has 1 saturated heterocycles. The molecular formula is C20H22ClFN2O2S. The third-order valence-corrected chi connectivity index (χ3v) is 5.94. The van der Waals surface area contributed by atoms with Gasteiger partial charge in [-0.15, -0.1) is 11.8 Å². The van der Waals surface area contributed by atoms with Crippen LogP contribution in [-0.4, -0.2) is 54.7 Å². The Balaban J connectivity index is 1.46. The van der Waals surface area contributed by atoms with Crippen LogP contribution in [0.2, 0.25) is 5.02 Å². The summed E-state index contributed by atoms with van der Waals surface area (Å²) in [6, 6.07) is 12.4. The largest absolute Gasteiger partial charge is 0.497 e. The van der Waals surface area contributed by atoms with E-state index < -0.39 is 0 Å². The maximum absolute atomic E-state index is 13.9. The summed E-state index contributed by atoms with van der Waals surface area (Å²) in [4.78, 5) is 17.5. The lowest BCUT2D eigenvalue weighted by Gasteiger charge is -2.35. The normalized spacial score (nSPS) is 15.0. The molecule has 27 heavy (non-hydrogen) atoms. The van der Waals surface area contributed by atoms with E-state index in [4.69, 9.17) is 16.3 Å². The SMILES string of the molecule is COc1ccc(SCC(=O)N2CCN(Cc3c(F)cccc3Cl)CC2)cc1. The smallest absolute Gasteiger partial charge is 0.233 e. The van der Waals surface area contributed by atoms with Gasteiger partial charge in [-0.05, 0) is 36.4 Å². The highest BCUT2D eigenvalue weighted by Crippen LogP contribution is 2.23. The highest BCUT2D eigenvalue weighted by Gasteiger charge is 2.22. The molecular weight excluding hydrogens is 387 g/mol. The average molecular weight is 409 g/mol. The molecule has 0 spiro atoms. The fourth-order valence-corrected chi connectivity index (χ4v) is 3.99. The molecule has 1 fully saturated rings. The highest BCUT2D eigenvalue weighted by atomic mass is 35.5. The fraction of sp³-hybridized carbons (Fsp3) is 0.350. The van der Waals surface area contributed by atoms with Crippen LogP contribution in [-0.2, 0) is 11.3 Å².